The van der Waals surface area contributed by atoms with Crippen molar-refractivity contribution in [2.24, 2.45) is 0 Å². The lowest BCUT2D eigenvalue weighted by Crippen LogP contribution is -2.10. The summed E-state index contributed by atoms with van der Waals surface area (Å²) in [6.07, 6.45) is 0.894. The maximum atomic E-state index is 6.31. The van der Waals surface area contributed by atoms with Crippen molar-refractivity contribution in [1.29, 1.82) is 0 Å². The average Bonchev–Trinajstić information content (AvgIpc) is 2.47. The Morgan fingerprint density at radius 2 is 1.95 bits per heavy atom. The van der Waals surface area contributed by atoms with Crippen LogP contribution in [0.3, 0.4) is 0 Å². The highest BCUT2D eigenvalue weighted by Crippen LogP contribution is 2.34. The number of hydrogen-bond acceptors (Lipinski definition) is 2. The van der Waals surface area contributed by atoms with E-state index in [-0.39, 0.29) is 6.04 Å². The summed E-state index contributed by atoms with van der Waals surface area (Å²) in [5.41, 5.74) is 1.99. The Morgan fingerprint density at radius 3 is 2.57 bits per heavy atom. The van der Waals surface area contributed by atoms with E-state index >= 15 is 0 Å². The van der Waals surface area contributed by atoms with Crippen molar-refractivity contribution in [3.05, 3.63) is 56.5 Å². The van der Waals surface area contributed by atoms with E-state index in [1.165, 1.54) is 0 Å². The number of anilines is 1. The molecule has 2 aromatic carbocycles. The zero-order valence-electron chi connectivity index (χ0n) is 11.8. The zero-order valence-corrected chi connectivity index (χ0v) is 14.9. The standard InChI is InChI=1S/C16H16BrCl2NO/c1-3-15(12-6-4-10(18)8-14(12)19)20-16-9-11(21-2)5-7-13(16)17/h4-9,15,20H,3H2,1-2H3. The highest BCUT2D eigenvalue weighted by molar-refractivity contribution is 9.10. The minimum absolute atomic E-state index is 0.0955. The summed E-state index contributed by atoms with van der Waals surface area (Å²) in [5, 5.41) is 4.80. The van der Waals surface area contributed by atoms with Crippen molar-refractivity contribution in [2.45, 2.75) is 19.4 Å². The van der Waals surface area contributed by atoms with Gasteiger partial charge in [-0.25, -0.2) is 0 Å². The summed E-state index contributed by atoms with van der Waals surface area (Å²) in [6.45, 7) is 2.11. The van der Waals surface area contributed by atoms with Gasteiger partial charge in [0.1, 0.15) is 5.75 Å². The third-order valence-corrected chi connectivity index (χ3v) is 4.50. The van der Waals surface area contributed by atoms with E-state index < -0.39 is 0 Å². The molecule has 2 nitrogen and oxygen atoms in total. The van der Waals surface area contributed by atoms with Gasteiger partial charge in [-0.3, -0.25) is 0 Å². The Hall–Kier alpha value is -0.900. The van der Waals surface area contributed by atoms with Gasteiger partial charge in [0, 0.05) is 20.6 Å². The highest BCUT2D eigenvalue weighted by atomic mass is 79.9. The monoisotopic (exact) mass is 387 g/mol. The third kappa shape index (κ3) is 4.06. The quantitative estimate of drug-likeness (QED) is 0.646. The molecule has 0 fully saturated rings. The van der Waals surface area contributed by atoms with Crippen LogP contribution in [0.5, 0.6) is 5.75 Å². The Morgan fingerprint density at radius 1 is 1.19 bits per heavy atom. The Kier molecular flexibility index (Phi) is 5.80. The van der Waals surface area contributed by atoms with Crippen LogP contribution in [-0.2, 0) is 0 Å². The highest BCUT2D eigenvalue weighted by Gasteiger charge is 2.15. The molecule has 1 atom stereocenters. The van der Waals surface area contributed by atoms with Crippen molar-refractivity contribution in [3.63, 3.8) is 0 Å². The predicted octanol–water partition coefficient (Wildman–Crippen LogP) is 6.33. The number of methoxy groups -OCH3 is 1. The molecule has 0 amide bonds. The minimum Gasteiger partial charge on any atom is -0.497 e. The molecule has 0 spiro atoms. The van der Waals surface area contributed by atoms with Gasteiger partial charge in [0.15, 0.2) is 0 Å². The van der Waals surface area contributed by atoms with Crippen LogP contribution >= 0.6 is 39.1 Å². The first-order valence-electron chi connectivity index (χ1n) is 6.60. The molecule has 0 saturated carbocycles. The van der Waals surface area contributed by atoms with Crippen molar-refractivity contribution in [3.8, 4) is 5.75 Å². The van der Waals surface area contributed by atoms with Gasteiger partial charge in [-0.15, -0.1) is 0 Å². The summed E-state index contributed by atoms with van der Waals surface area (Å²) in [5.74, 6) is 0.803. The average molecular weight is 389 g/mol. The lowest BCUT2D eigenvalue weighted by atomic mass is 10.0. The Bertz CT molecular complexity index is 634. The van der Waals surface area contributed by atoms with Gasteiger partial charge >= 0.3 is 0 Å². The van der Waals surface area contributed by atoms with Crippen LogP contribution in [0.1, 0.15) is 24.9 Å². The molecule has 112 valence electrons. The summed E-state index contributed by atoms with van der Waals surface area (Å²) in [4.78, 5) is 0. The molecule has 0 heterocycles. The molecule has 1 unspecified atom stereocenters. The van der Waals surface area contributed by atoms with Crippen molar-refractivity contribution in [1.82, 2.24) is 0 Å². The Balaban J connectivity index is 2.30. The number of halogens is 3. The summed E-state index contributed by atoms with van der Waals surface area (Å²) in [6, 6.07) is 11.5. The number of nitrogens with one attached hydrogen (secondary N) is 1. The first kappa shape index (κ1) is 16.5. The van der Waals surface area contributed by atoms with Crippen molar-refractivity contribution in [2.75, 3.05) is 12.4 Å². The molecule has 0 bridgehead atoms. The molecule has 0 aromatic heterocycles. The molecule has 0 radical (unpaired) electrons. The van der Waals surface area contributed by atoms with E-state index in [1.807, 2.05) is 30.3 Å². The van der Waals surface area contributed by atoms with Crippen molar-refractivity contribution >= 4 is 44.8 Å². The van der Waals surface area contributed by atoms with Gasteiger partial charge in [-0.2, -0.15) is 0 Å². The zero-order chi connectivity index (χ0) is 15.4. The second kappa shape index (κ2) is 7.39. The number of benzene rings is 2. The van der Waals surface area contributed by atoms with Crippen LogP contribution in [0.2, 0.25) is 10.0 Å². The fourth-order valence-corrected chi connectivity index (χ4v) is 3.01. The second-order valence-electron chi connectivity index (χ2n) is 4.62. The topological polar surface area (TPSA) is 21.3 Å². The first-order chi connectivity index (χ1) is 10.0. The minimum atomic E-state index is 0.0955. The van der Waals surface area contributed by atoms with Crippen LogP contribution in [0.4, 0.5) is 5.69 Å². The van der Waals surface area contributed by atoms with Gasteiger partial charge in [0.05, 0.1) is 18.8 Å². The van der Waals surface area contributed by atoms with E-state index in [2.05, 4.69) is 28.2 Å². The number of hydrogen-bond donors (Lipinski definition) is 1. The van der Waals surface area contributed by atoms with Gasteiger partial charge < -0.3 is 10.1 Å². The first-order valence-corrected chi connectivity index (χ1v) is 8.15. The second-order valence-corrected chi connectivity index (χ2v) is 6.31. The van der Waals surface area contributed by atoms with Crippen LogP contribution in [-0.4, -0.2) is 7.11 Å². The number of ether oxygens (including phenoxy) is 1. The number of rotatable bonds is 5. The maximum absolute atomic E-state index is 6.31. The van der Waals surface area contributed by atoms with E-state index in [1.54, 1.807) is 13.2 Å². The van der Waals surface area contributed by atoms with Gasteiger partial charge in [0.25, 0.3) is 0 Å². The molecular weight excluding hydrogens is 373 g/mol. The molecule has 0 saturated heterocycles. The van der Waals surface area contributed by atoms with Crippen LogP contribution in [0.25, 0.3) is 0 Å². The van der Waals surface area contributed by atoms with Crippen LogP contribution < -0.4 is 10.1 Å². The lowest BCUT2D eigenvalue weighted by Gasteiger charge is -2.21. The van der Waals surface area contributed by atoms with Crippen molar-refractivity contribution < 1.29 is 4.74 Å². The summed E-state index contributed by atoms with van der Waals surface area (Å²) >= 11 is 15.8. The van der Waals surface area contributed by atoms with Gasteiger partial charge in [-0.05, 0) is 52.2 Å². The fraction of sp³-hybridized carbons (Fsp3) is 0.250. The molecule has 0 aliphatic heterocycles. The van der Waals surface area contributed by atoms with Crippen LogP contribution in [0, 0.1) is 0 Å². The smallest absolute Gasteiger partial charge is 0.121 e. The lowest BCUT2D eigenvalue weighted by molar-refractivity contribution is 0.415. The third-order valence-electron chi connectivity index (χ3n) is 3.25. The van der Waals surface area contributed by atoms with Crippen LogP contribution in [0.15, 0.2) is 40.9 Å². The summed E-state index contributed by atoms with van der Waals surface area (Å²) < 4.78 is 6.24. The molecule has 2 aromatic rings. The SMILES string of the molecule is CCC(Nc1cc(OC)ccc1Br)c1ccc(Cl)cc1Cl. The molecule has 0 aliphatic carbocycles. The van der Waals surface area contributed by atoms with E-state index in [4.69, 9.17) is 27.9 Å². The fourth-order valence-electron chi connectivity index (χ4n) is 2.11. The van der Waals surface area contributed by atoms with Gasteiger partial charge in [-0.1, -0.05) is 36.2 Å². The predicted molar refractivity (Wildman–Crippen MR) is 93.8 cm³/mol. The largest absolute Gasteiger partial charge is 0.497 e. The molecule has 0 aliphatic rings. The van der Waals surface area contributed by atoms with E-state index in [9.17, 15) is 0 Å². The van der Waals surface area contributed by atoms with E-state index in [0.29, 0.717) is 10.0 Å². The molecule has 5 heteroatoms. The molecular formula is C16H16BrCl2NO. The Labute approximate surface area is 143 Å². The maximum Gasteiger partial charge on any atom is 0.121 e. The normalized spacial score (nSPS) is 12.0. The molecule has 2 rings (SSSR count). The summed E-state index contributed by atoms with van der Waals surface area (Å²) in [7, 11) is 1.65. The van der Waals surface area contributed by atoms with E-state index in [0.717, 1.165) is 27.9 Å². The molecule has 1 N–H and O–H groups in total. The molecule has 21 heavy (non-hydrogen) atoms. The van der Waals surface area contributed by atoms with Gasteiger partial charge in [0.2, 0.25) is 0 Å².